The average molecular weight is 451 g/mol. The number of nitrogens with one attached hydrogen (secondary N) is 2. The van der Waals surface area contributed by atoms with Gasteiger partial charge < -0.3 is 15.0 Å². The Morgan fingerprint density at radius 2 is 2.38 bits per heavy atom. The molecule has 0 spiro atoms. The van der Waals surface area contributed by atoms with Gasteiger partial charge in [-0.25, -0.2) is 9.78 Å². The molecule has 3 aromatic heterocycles. The van der Waals surface area contributed by atoms with Gasteiger partial charge in [-0.2, -0.15) is 5.10 Å². The minimum absolute atomic E-state index is 0.0597. The largest absolute Gasteiger partial charge is 0.436 e. The zero-order valence-corrected chi connectivity index (χ0v) is 18.8. The Labute approximate surface area is 191 Å². The van der Waals surface area contributed by atoms with E-state index >= 15 is 0 Å². The van der Waals surface area contributed by atoms with Crippen LogP contribution in [0.5, 0.6) is 0 Å². The van der Waals surface area contributed by atoms with Gasteiger partial charge in [0.1, 0.15) is 16.5 Å². The number of nitrogens with zero attached hydrogens (tertiary/aromatic N) is 4. The Bertz CT molecular complexity index is 1090. The molecule has 1 aliphatic rings. The van der Waals surface area contributed by atoms with Crippen molar-refractivity contribution in [2.24, 2.45) is 0 Å². The van der Waals surface area contributed by atoms with Crippen LogP contribution in [0, 0.1) is 12.3 Å². The van der Waals surface area contributed by atoms with Crippen LogP contribution in [0.4, 0.5) is 10.6 Å². The number of aromatic amines is 1. The first kappa shape index (κ1) is 21.8. The summed E-state index contributed by atoms with van der Waals surface area (Å²) in [6, 6.07) is 6.35. The van der Waals surface area contributed by atoms with E-state index in [1.807, 2.05) is 24.4 Å². The highest BCUT2D eigenvalue weighted by atomic mass is 32.1. The molecule has 0 bridgehead atoms. The monoisotopic (exact) mass is 450 g/mol. The number of H-pyrrole nitrogens is 1. The van der Waals surface area contributed by atoms with E-state index in [4.69, 9.17) is 16.1 Å². The molecule has 32 heavy (non-hydrogen) atoms. The highest BCUT2D eigenvalue weighted by molar-refractivity contribution is 7.19. The molecular weight excluding hydrogens is 424 g/mol. The fraction of sp³-hybridized carbons (Fsp3) is 0.391. The molecule has 9 heteroatoms. The number of rotatable bonds is 7. The fourth-order valence-corrected chi connectivity index (χ4v) is 4.91. The lowest BCUT2D eigenvalue weighted by Gasteiger charge is -2.36. The third kappa shape index (κ3) is 4.92. The molecule has 166 valence electrons. The summed E-state index contributed by atoms with van der Waals surface area (Å²) in [5.74, 6) is 3.24. The lowest BCUT2D eigenvalue weighted by molar-refractivity contribution is 0.159. The second-order valence-electron chi connectivity index (χ2n) is 7.58. The van der Waals surface area contributed by atoms with E-state index in [0.717, 1.165) is 52.0 Å². The SMILES string of the molecule is C#CCOC(=O)NCc1cc(-c2sc(-c3cccnc3)nc2N2CCCCC2CC)n[nH]1. The Hall–Kier alpha value is -3.38. The van der Waals surface area contributed by atoms with Gasteiger partial charge in [-0.05, 0) is 43.9 Å². The van der Waals surface area contributed by atoms with E-state index in [9.17, 15) is 4.79 Å². The quantitative estimate of drug-likeness (QED) is 0.523. The van der Waals surface area contributed by atoms with Gasteiger partial charge in [-0.1, -0.05) is 12.8 Å². The van der Waals surface area contributed by atoms with Crippen molar-refractivity contribution in [1.82, 2.24) is 25.5 Å². The first-order valence-electron chi connectivity index (χ1n) is 10.8. The van der Waals surface area contributed by atoms with Crippen LogP contribution in [0.2, 0.25) is 0 Å². The molecule has 1 fully saturated rings. The number of thiazole rings is 1. The second kappa shape index (κ2) is 10.3. The van der Waals surface area contributed by atoms with Crippen molar-refractivity contribution in [3.63, 3.8) is 0 Å². The van der Waals surface area contributed by atoms with Crippen LogP contribution in [-0.2, 0) is 11.3 Å². The molecule has 3 aromatic rings. The van der Waals surface area contributed by atoms with Crippen LogP contribution in [0.15, 0.2) is 30.6 Å². The second-order valence-corrected chi connectivity index (χ2v) is 8.58. The molecule has 4 rings (SSSR count). The van der Waals surface area contributed by atoms with Crippen LogP contribution < -0.4 is 10.2 Å². The number of terminal acetylenes is 1. The normalized spacial score (nSPS) is 15.9. The standard InChI is InChI=1S/C23H26N6O2S/c1-3-12-31-23(30)25-15-17-13-19(28-27-17)20-21(29-11-6-5-9-18(29)4-2)26-22(32-20)16-8-7-10-24-14-16/h1,7-8,10,13-14,18H,4-6,9,11-12,15H2,2H3,(H,25,30)(H,27,28). The van der Waals surface area contributed by atoms with Crippen molar-refractivity contribution in [2.75, 3.05) is 18.1 Å². The van der Waals surface area contributed by atoms with Gasteiger partial charge in [-0.15, -0.1) is 17.8 Å². The highest BCUT2D eigenvalue weighted by Gasteiger charge is 2.28. The van der Waals surface area contributed by atoms with E-state index in [-0.39, 0.29) is 13.2 Å². The van der Waals surface area contributed by atoms with Gasteiger partial charge in [-0.3, -0.25) is 10.1 Å². The molecule has 0 aromatic carbocycles. The molecule has 2 N–H and O–H groups in total. The molecule has 0 radical (unpaired) electrons. The Balaban J connectivity index is 1.62. The maximum atomic E-state index is 11.7. The summed E-state index contributed by atoms with van der Waals surface area (Å²) in [4.78, 5) is 24.4. The molecular formula is C23H26N6O2S. The smallest absolute Gasteiger partial charge is 0.408 e. The van der Waals surface area contributed by atoms with E-state index in [2.05, 4.69) is 38.2 Å². The minimum Gasteiger partial charge on any atom is -0.436 e. The molecule has 1 atom stereocenters. The van der Waals surface area contributed by atoms with Gasteiger partial charge >= 0.3 is 6.09 Å². The summed E-state index contributed by atoms with van der Waals surface area (Å²) in [5, 5.41) is 11.1. The summed E-state index contributed by atoms with van der Waals surface area (Å²) in [6.07, 6.45) is 12.8. The molecule has 0 saturated carbocycles. The minimum atomic E-state index is -0.560. The zero-order chi connectivity index (χ0) is 22.3. The number of amides is 1. The number of hydrogen-bond donors (Lipinski definition) is 2. The van der Waals surface area contributed by atoms with Gasteiger partial charge in [0.2, 0.25) is 0 Å². The van der Waals surface area contributed by atoms with Crippen LogP contribution in [-0.4, -0.2) is 45.5 Å². The van der Waals surface area contributed by atoms with Crippen molar-refractivity contribution in [2.45, 2.75) is 45.2 Å². The zero-order valence-electron chi connectivity index (χ0n) is 18.0. The third-order valence-corrected chi connectivity index (χ3v) is 6.58. The molecule has 1 saturated heterocycles. The van der Waals surface area contributed by atoms with Gasteiger partial charge in [0, 0.05) is 30.5 Å². The molecule has 1 aliphatic heterocycles. The predicted octanol–water partition coefficient (Wildman–Crippen LogP) is 4.22. The maximum absolute atomic E-state index is 11.7. The van der Waals surface area contributed by atoms with E-state index in [1.165, 1.54) is 12.8 Å². The molecule has 4 heterocycles. The number of carbonyl (C=O) groups is 1. The first-order chi connectivity index (χ1) is 15.7. The third-order valence-electron chi connectivity index (χ3n) is 5.46. The van der Waals surface area contributed by atoms with Gasteiger partial charge in [0.05, 0.1) is 17.1 Å². The van der Waals surface area contributed by atoms with Crippen molar-refractivity contribution >= 4 is 23.2 Å². The van der Waals surface area contributed by atoms with Gasteiger partial charge in [0.25, 0.3) is 0 Å². The Morgan fingerprint density at radius 3 is 3.16 bits per heavy atom. The fourth-order valence-electron chi connectivity index (χ4n) is 3.88. The maximum Gasteiger partial charge on any atom is 0.408 e. The summed E-state index contributed by atoms with van der Waals surface area (Å²) < 4.78 is 4.84. The summed E-state index contributed by atoms with van der Waals surface area (Å²) in [6.45, 7) is 3.42. The van der Waals surface area contributed by atoms with Crippen LogP contribution in [0.25, 0.3) is 21.1 Å². The van der Waals surface area contributed by atoms with Crippen molar-refractivity contribution < 1.29 is 9.53 Å². The number of piperidine rings is 1. The summed E-state index contributed by atoms with van der Waals surface area (Å²) in [7, 11) is 0. The van der Waals surface area contributed by atoms with E-state index in [0.29, 0.717) is 6.04 Å². The summed E-state index contributed by atoms with van der Waals surface area (Å²) >= 11 is 1.61. The number of carbonyl (C=O) groups excluding carboxylic acids is 1. The van der Waals surface area contributed by atoms with Crippen molar-refractivity contribution in [3.05, 3.63) is 36.3 Å². The molecule has 8 nitrogen and oxygen atoms in total. The average Bonchev–Trinajstić information content (AvgIpc) is 3.49. The highest BCUT2D eigenvalue weighted by Crippen LogP contribution is 2.41. The number of pyridine rings is 1. The predicted molar refractivity (Wildman–Crippen MR) is 125 cm³/mol. The number of ether oxygens (including phenoxy) is 1. The van der Waals surface area contributed by atoms with Crippen LogP contribution in [0.3, 0.4) is 0 Å². The lowest BCUT2D eigenvalue weighted by Crippen LogP contribution is -2.39. The van der Waals surface area contributed by atoms with E-state index < -0.39 is 6.09 Å². The molecule has 1 amide bonds. The topological polar surface area (TPSA) is 96.0 Å². The van der Waals surface area contributed by atoms with Gasteiger partial charge in [0.15, 0.2) is 6.61 Å². The van der Waals surface area contributed by atoms with Crippen molar-refractivity contribution in [3.8, 4) is 33.5 Å². The Kier molecular flexibility index (Phi) is 7.02. The number of hydrogen-bond acceptors (Lipinski definition) is 7. The molecule has 0 aliphatic carbocycles. The number of alkyl carbamates (subject to hydrolysis) is 1. The van der Waals surface area contributed by atoms with Crippen LogP contribution >= 0.6 is 11.3 Å². The van der Waals surface area contributed by atoms with Crippen LogP contribution in [0.1, 0.15) is 38.3 Å². The summed E-state index contributed by atoms with van der Waals surface area (Å²) in [5.41, 5.74) is 2.57. The Morgan fingerprint density at radius 1 is 1.47 bits per heavy atom. The van der Waals surface area contributed by atoms with Crippen molar-refractivity contribution in [1.29, 1.82) is 0 Å². The number of anilines is 1. The lowest BCUT2D eigenvalue weighted by atomic mass is 10.00. The van der Waals surface area contributed by atoms with E-state index in [1.54, 1.807) is 17.5 Å². The molecule has 1 unspecified atom stereocenters. The first-order valence-corrected chi connectivity index (χ1v) is 11.6. The number of aromatic nitrogens is 4.